The lowest BCUT2D eigenvalue weighted by atomic mass is 10.0. The van der Waals surface area contributed by atoms with Crippen LogP contribution in [0, 0.1) is 6.92 Å². The first-order valence-electron chi connectivity index (χ1n) is 8.05. The molecule has 25 heavy (non-hydrogen) atoms. The number of rotatable bonds is 3. The van der Waals surface area contributed by atoms with Gasteiger partial charge < -0.3 is 14.9 Å². The van der Waals surface area contributed by atoms with E-state index in [4.69, 9.17) is 14.9 Å². The first-order valence-corrected chi connectivity index (χ1v) is 8.05. The summed E-state index contributed by atoms with van der Waals surface area (Å²) < 4.78 is 11.1. The number of nitrogen functional groups attached to an aromatic ring is 1. The molecule has 124 valence electrons. The van der Waals surface area contributed by atoms with Crippen molar-refractivity contribution in [2.75, 3.05) is 12.8 Å². The van der Waals surface area contributed by atoms with Crippen LogP contribution in [0.25, 0.3) is 33.7 Å². The maximum absolute atomic E-state index is 5.98. The average Bonchev–Trinajstić information content (AvgIpc) is 3.05. The van der Waals surface area contributed by atoms with Crippen molar-refractivity contribution in [3.05, 3.63) is 66.2 Å². The number of fused-ring (bicyclic) bond motifs is 1. The second kappa shape index (κ2) is 5.98. The second-order valence-electron chi connectivity index (χ2n) is 6.02. The second-order valence-corrected chi connectivity index (χ2v) is 6.02. The Morgan fingerprint density at radius 3 is 2.32 bits per heavy atom. The van der Waals surface area contributed by atoms with Gasteiger partial charge in [-0.1, -0.05) is 35.9 Å². The van der Waals surface area contributed by atoms with Crippen molar-refractivity contribution < 1.29 is 9.15 Å². The molecule has 0 amide bonds. The van der Waals surface area contributed by atoms with E-state index in [9.17, 15) is 0 Å². The highest BCUT2D eigenvalue weighted by atomic mass is 16.5. The van der Waals surface area contributed by atoms with Gasteiger partial charge in [-0.05, 0) is 48.4 Å². The van der Waals surface area contributed by atoms with E-state index in [0.29, 0.717) is 17.3 Å². The van der Waals surface area contributed by atoms with Crippen LogP contribution in [0.1, 0.15) is 5.56 Å². The van der Waals surface area contributed by atoms with Crippen molar-refractivity contribution in [3.63, 3.8) is 0 Å². The van der Waals surface area contributed by atoms with Gasteiger partial charge in [-0.15, -0.1) is 0 Å². The molecular weight excluding hydrogens is 312 g/mol. The molecule has 1 aromatic heterocycles. The van der Waals surface area contributed by atoms with E-state index >= 15 is 0 Å². The van der Waals surface area contributed by atoms with Gasteiger partial charge in [-0.2, -0.15) is 0 Å². The highest BCUT2D eigenvalue weighted by Crippen LogP contribution is 2.31. The summed E-state index contributed by atoms with van der Waals surface area (Å²) in [7, 11) is 1.59. The summed E-state index contributed by atoms with van der Waals surface area (Å²) in [5, 5.41) is 0. The number of hydrogen-bond acceptors (Lipinski definition) is 4. The van der Waals surface area contributed by atoms with Crippen LogP contribution in [0.2, 0.25) is 0 Å². The maximum atomic E-state index is 5.98. The minimum atomic E-state index is 0.547. The van der Waals surface area contributed by atoms with Gasteiger partial charge in [0.05, 0.1) is 12.8 Å². The molecule has 1 heterocycles. The van der Waals surface area contributed by atoms with Gasteiger partial charge in [-0.25, -0.2) is 4.98 Å². The molecule has 0 atom stereocenters. The Morgan fingerprint density at radius 1 is 0.880 bits per heavy atom. The molecule has 0 fully saturated rings. The van der Waals surface area contributed by atoms with Crippen molar-refractivity contribution in [2.45, 2.75) is 6.92 Å². The first kappa shape index (κ1) is 15.3. The number of benzene rings is 3. The zero-order chi connectivity index (χ0) is 17.4. The molecule has 0 radical (unpaired) electrons. The Hall–Kier alpha value is -3.27. The van der Waals surface area contributed by atoms with Crippen molar-refractivity contribution in [1.29, 1.82) is 0 Å². The topological polar surface area (TPSA) is 61.3 Å². The summed E-state index contributed by atoms with van der Waals surface area (Å²) in [6.07, 6.45) is 0. The van der Waals surface area contributed by atoms with E-state index in [1.165, 1.54) is 5.56 Å². The number of nitrogens with two attached hydrogens (primary N) is 1. The number of nitrogens with zero attached hydrogens (tertiary/aromatic N) is 1. The third-order valence-electron chi connectivity index (χ3n) is 4.25. The summed E-state index contributed by atoms with van der Waals surface area (Å²) in [5.74, 6) is 1.19. The van der Waals surface area contributed by atoms with Crippen LogP contribution in [0.4, 0.5) is 5.69 Å². The molecule has 0 aliphatic carbocycles. The first-order chi connectivity index (χ1) is 12.1. The lowest BCUT2D eigenvalue weighted by Crippen LogP contribution is -1.92. The Labute approximate surface area is 145 Å². The Balaban J connectivity index is 1.75. The van der Waals surface area contributed by atoms with E-state index in [-0.39, 0.29) is 0 Å². The molecule has 0 unspecified atom stereocenters. The van der Waals surface area contributed by atoms with Gasteiger partial charge in [0, 0.05) is 5.56 Å². The quantitative estimate of drug-likeness (QED) is 0.533. The predicted molar refractivity (Wildman–Crippen MR) is 101 cm³/mol. The number of ether oxygens (including phenoxy) is 1. The van der Waals surface area contributed by atoms with Crippen molar-refractivity contribution >= 4 is 16.8 Å². The van der Waals surface area contributed by atoms with E-state index in [2.05, 4.69) is 36.2 Å². The molecule has 2 N–H and O–H groups in total. The van der Waals surface area contributed by atoms with Gasteiger partial charge >= 0.3 is 0 Å². The largest absolute Gasteiger partial charge is 0.495 e. The zero-order valence-electron chi connectivity index (χ0n) is 14.1. The minimum absolute atomic E-state index is 0.547. The third kappa shape index (κ3) is 2.83. The van der Waals surface area contributed by atoms with Gasteiger partial charge in [0.25, 0.3) is 0 Å². The molecule has 4 heteroatoms. The van der Waals surface area contributed by atoms with Gasteiger partial charge in [0.2, 0.25) is 5.89 Å². The van der Waals surface area contributed by atoms with Crippen LogP contribution in [0.5, 0.6) is 5.75 Å². The molecule has 4 rings (SSSR count). The Bertz CT molecular complexity index is 1050. The summed E-state index contributed by atoms with van der Waals surface area (Å²) >= 11 is 0. The predicted octanol–water partition coefficient (Wildman–Crippen LogP) is 5.06. The highest BCUT2D eigenvalue weighted by Gasteiger charge is 2.11. The molecule has 0 spiro atoms. The molecule has 0 bridgehead atoms. The summed E-state index contributed by atoms with van der Waals surface area (Å²) in [6.45, 7) is 2.08. The minimum Gasteiger partial charge on any atom is -0.495 e. The molecule has 4 aromatic rings. The van der Waals surface area contributed by atoms with E-state index < -0.39 is 0 Å². The van der Waals surface area contributed by atoms with Crippen molar-refractivity contribution in [3.8, 4) is 28.3 Å². The fraction of sp³-hybridized carbons (Fsp3) is 0.0952. The third-order valence-corrected chi connectivity index (χ3v) is 4.25. The Kier molecular flexibility index (Phi) is 3.65. The van der Waals surface area contributed by atoms with Crippen molar-refractivity contribution in [1.82, 2.24) is 4.98 Å². The monoisotopic (exact) mass is 330 g/mol. The lowest BCUT2D eigenvalue weighted by molar-refractivity contribution is 0.417. The number of hydrogen-bond donors (Lipinski definition) is 1. The van der Waals surface area contributed by atoms with E-state index in [1.54, 1.807) is 7.11 Å². The normalized spacial score (nSPS) is 11.0. The van der Waals surface area contributed by atoms with Gasteiger partial charge in [0.15, 0.2) is 5.58 Å². The van der Waals surface area contributed by atoms with Crippen LogP contribution in [0.15, 0.2) is 65.1 Å². The standard InChI is InChI=1S/C21H18N2O2/c1-13-3-5-14(6-4-13)15-7-10-20-18(12-15)23-21(25-20)16-8-9-19(24-2)17(22)11-16/h3-12H,22H2,1-2H3. The number of methoxy groups -OCH3 is 1. The SMILES string of the molecule is COc1ccc(-c2nc3cc(-c4ccc(C)cc4)ccc3o2)cc1N. The molecular formula is C21H18N2O2. The molecule has 0 aliphatic rings. The molecule has 0 saturated carbocycles. The summed E-state index contributed by atoms with van der Waals surface area (Å²) in [5.41, 5.74) is 12.4. The maximum Gasteiger partial charge on any atom is 0.227 e. The smallest absolute Gasteiger partial charge is 0.227 e. The lowest BCUT2D eigenvalue weighted by Gasteiger charge is -2.04. The molecule has 4 nitrogen and oxygen atoms in total. The fourth-order valence-electron chi connectivity index (χ4n) is 2.84. The summed E-state index contributed by atoms with van der Waals surface area (Å²) in [6, 6.07) is 20.0. The molecule has 0 aliphatic heterocycles. The van der Waals surface area contributed by atoms with E-state index in [0.717, 1.165) is 27.8 Å². The molecule has 3 aromatic carbocycles. The van der Waals surface area contributed by atoms with E-state index in [1.807, 2.05) is 36.4 Å². The van der Waals surface area contributed by atoms with Crippen LogP contribution < -0.4 is 10.5 Å². The molecule has 0 saturated heterocycles. The zero-order valence-corrected chi connectivity index (χ0v) is 14.1. The number of aromatic nitrogens is 1. The average molecular weight is 330 g/mol. The van der Waals surface area contributed by atoms with Crippen LogP contribution in [-0.2, 0) is 0 Å². The number of aryl methyl sites for hydroxylation is 1. The van der Waals surface area contributed by atoms with Crippen LogP contribution in [-0.4, -0.2) is 12.1 Å². The Morgan fingerprint density at radius 2 is 1.60 bits per heavy atom. The highest BCUT2D eigenvalue weighted by molar-refractivity contribution is 5.82. The van der Waals surface area contributed by atoms with Crippen molar-refractivity contribution in [2.24, 2.45) is 0 Å². The van der Waals surface area contributed by atoms with Crippen LogP contribution in [0.3, 0.4) is 0 Å². The van der Waals surface area contributed by atoms with Gasteiger partial charge in [-0.3, -0.25) is 0 Å². The number of oxazole rings is 1. The van der Waals surface area contributed by atoms with Gasteiger partial charge in [0.1, 0.15) is 11.3 Å². The fourth-order valence-corrected chi connectivity index (χ4v) is 2.84. The van der Waals surface area contributed by atoms with Crippen LogP contribution >= 0.6 is 0 Å². The number of anilines is 1. The summed E-state index contributed by atoms with van der Waals surface area (Å²) in [4.78, 5) is 4.62.